The van der Waals surface area contributed by atoms with Crippen LogP contribution in [0.25, 0.3) is 0 Å². The Kier molecular flexibility index (Phi) is 3.85. The number of rotatable bonds is 2. The molecule has 1 aliphatic heterocycles. The molecule has 0 aliphatic carbocycles. The topological polar surface area (TPSA) is 24.1 Å². The van der Waals surface area contributed by atoms with Crippen LogP contribution in [0.5, 0.6) is 0 Å². The molecule has 1 aromatic rings. The van der Waals surface area contributed by atoms with Gasteiger partial charge in [-0.3, -0.25) is 0 Å². The third-order valence-corrected chi connectivity index (χ3v) is 3.23. The van der Waals surface area contributed by atoms with Crippen LogP contribution in [0.15, 0.2) is 24.3 Å². The molecular formula is C15H24N2. The molecule has 0 spiro atoms. The Balaban J connectivity index is 2.12. The van der Waals surface area contributed by atoms with Gasteiger partial charge in [0.05, 0.1) is 0 Å². The van der Waals surface area contributed by atoms with E-state index < -0.39 is 0 Å². The van der Waals surface area contributed by atoms with Gasteiger partial charge in [-0.15, -0.1) is 0 Å². The fourth-order valence-electron chi connectivity index (χ4n) is 2.30. The minimum atomic E-state index is 0.342. The molecule has 1 unspecified atom stereocenters. The average molecular weight is 232 g/mol. The lowest BCUT2D eigenvalue weighted by Crippen LogP contribution is -2.31. The van der Waals surface area contributed by atoms with Gasteiger partial charge < -0.3 is 10.6 Å². The van der Waals surface area contributed by atoms with Gasteiger partial charge in [0.15, 0.2) is 0 Å². The quantitative estimate of drug-likeness (QED) is 0.819. The van der Waals surface area contributed by atoms with Gasteiger partial charge in [0.2, 0.25) is 0 Å². The van der Waals surface area contributed by atoms with E-state index in [4.69, 9.17) is 0 Å². The van der Waals surface area contributed by atoms with Crippen LogP contribution in [0.2, 0.25) is 0 Å². The van der Waals surface area contributed by atoms with E-state index in [0.29, 0.717) is 11.5 Å². The van der Waals surface area contributed by atoms with Crippen LogP contribution in [-0.4, -0.2) is 13.1 Å². The van der Waals surface area contributed by atoms with Gasteiger partial charge in [0, 0.05) is 19.1 Å². The molecule has 2 nitrogen and oxygen atoms in total. The Morgan fingerprint density at radius 3 is 2.82 bits per heavy atom. The number of hydrogen-bond acceptors (Lipinski definition) is 2. The van der Waals surface area contributed by atoms with Crippen LogP contribution < -0.4 is 10.6 Å². The summed E-state index contributed by atoms with van der Waals surface area (Å²) in [4.78, 5) is 0. The minimum Gasteiger partial charge on any atom is -0.313 e. The van der Waals surface area contributed by atoms with Gasteiger partial charge in [-0.25, -0.2) is 0 Å². The Morgan fingerprint density at radius 1 is 1.29 bits per heavy atom. The summed E-state index contributed by atoms with van der Waals surface area (Å²) in [5, 5.41) is 7.21. The minimum absolute atomic E-state index is 0.342. The average Bonchev–Trinajstić information content (AvgIpc) is 2.47. The van der Waals surface area contributed by atoms with Gasteiger partial charge in [-0.2, -0.15) is 0 Å². The second-order valence-electron chi connectivity index (χ2n) is 6.16. The van der Waals surface area contributed by atoms with Crippen molar-refractivity contribution in [3.05, 3.63) is 35.4 Å². The van der Waals surface area contributed by atoms with E-state index in [1.54, 1.807) is 0 Å². The van der Waals surface area contributed by atoms with Crippen LogP contribution in [0, 0.1) is 5.41 Å². The maximum Gasteiger partial charge on any atom is 0.0335 e. The van der Waals surface area contributed by atoms with E-state index in [1.165, 1.54) is 17.5 Å². The Bertz CT molecular complexity index is 365. The zero-order valence-corrected chi connectivity index (χ0v) is 11.2. The first-order chi connectivity index (χ1) is 8.06. The number of benzene rings is 1. The van der Waals surface area contributed by atoms with E-state index in [0.717, 1.165) is 19.6 Å². The van der Waals surface area contributed by atoms with Gasteiger partial charge in [-0.1, -0.05) is 45.0 Å². The summed E-state index contributed by atoms with van der Waals surface area (Å²) in [6.07, 6.45) is 1.17. The molecule has 0 aromatic heterocycles. The Hall–Kier alpha value is -0.860. The highest BCUT2D eigenvalue weighted by Gasteiger charge is 2.19. The summed E-state index contributed by atoms with van der Waals surface area (Å²) < 4.78 is 0. The summed E-state index contributed by atoms with van der Waals surface area (Å²) in [5.74, 6) is 0. The van der Waals surface area contributed by atoms with Gasteiger partial charge in [0.25, 0.3) is 0 Å². The second kappa shape index (κ2) is 5.19. The van der Waals surface area contributed by atoms with E-state index >= 15 is 0 Å². The van der Waals surface area contributed by atoms with E-state index in [-0.39, 0.29) is 0 Å². The molecule has 17 heavy (non-hydrogen) atoms. The SMILES string of the molecule is CC(C)(C)CNC1CCNCc2ccccc21. The van der Waals surface area contributed by atoms with Crippen LogP contribution in [0.1, 0.15) is 44.4 Å². The summed E-state index contributed by atoms with van der Waals surface area (Å²) in [6.45, 7) is 9.99. The van der Waals surface area contributed by atoms with Crippen molar-refractivity contribution in [2.75, 3.05) is 13.1 Å². The standard InChI is InChI=1S/C15H24N2/c1-15(2,3)11-17-14-8-9-16-10-12-6-4-5-7-13(12)14/h4-7,14,16-17H,8-11H2,1-3H3. The van der Waals surface area contributed by atoms with Crippen molar-refractivity contribution >= 4 is 0 Å². The van der Waals surface area contributed by atoms with Crippen LogP contribution in [0.4, 0.5) is 0 Å². The highest BCUT2D eigenvalue weighted by molar-refractivity contribution is 5.31. The highest BCUT2D eigenvalue weighted by Crippen LogP contribution is 2.24. The monoisotopic (exact) mass is 232 g/mol. The third-order valence-electron chi connectivity index (χ3n) is 3.23. The van der Waals surface area contributed by atoms with Crippen molar-refractivity contribution in [1.82, 2.24) is 10.6 Å². The fraction of sp³-hybridized carbons (Fsp3) is 0.600. The fourth-order valence-corrected chi connectivity index (χ4v) is 2.30. The molecule has 1 atom stereocenters. The summed E-state index contributed by atoms with van der Waals surface area (Å²) >= 11 is 0. The first kappa shape index (κ1) is 12.6. The maximum absolute atomic E-state index is 3.72. The van der Waals surface area contributed by atoms with Crippen molar-refractivity contribution in [1.29, 1.82) is 0 Å². The van der Waals surface area contributed by atoms with Gasteiger partial charge >= 0.3 is 0 Å². The molecule has 0 amide bonds. The first-order valence-electron chi connectivity index (χ1n) is 6.58. The lowest BCUT2D eigenvalue weighted by Gasteiger charge is -2.25. The van der Waals surface area contributed by atoms with Gasteiger partial charge in [-0.05, 0) is 29.5 Å². The van der Waals surface area contributed by atoms with Crippen molar-refractivity contribution in [3.63, 3.8) is 0 Å². The third kappa shape index (κ3) is 3.55. The summed E-state index contributed by atoms with van der Waals surface area (Å²) in [6, 6.07) is 9.28. The molecule has 94 valence electrons. The zero-order chi connectivity index (χ0) is 12.3. The molecule has 1 aromatic carbocycles. The molecule has 1 heterocycles. The molecule has 0 fully saturated rings. The molecular weight excluding hydrogens is 208 g/mol. The van der Waals surface area contributed by atoms with Crippen molar-refractivity contribution in [2.45, 2.75) is 39.8 Å². The van der Waals surface area contributed by atoms with Crippen LogP contribution in [0.3, 0.4) is 0 Å². The lowest BCUT2D eigenvalue weighted by molar-refractivity contribution is 0.346. The number of fused-ring (bicyclic) bond motifs is 1. The van der Waals surface area contributed by atoms with Crippen molar-refractivity contribution < 1.29 is 0 Å². The number of hydrogen-bond donors (Lipinski definition) is 2. The van der Waals surface area contributed by atoms with E-state index in [2.05, 4.69) is 55.7 Å². The molecule has 1 aliphatic rings. The number of nitrogens with one attached hydrogen (secondary N) is 2. The predicted molar refractivity (Wildman–Crippen MR) is 73.0 cm³/mol. The molecule has 2 heteroatoms. The smallest absolute Gasteiger partial charge is 0.0335 e. The molecule has 2 N–H and O–H groups in total. The summed E-state index contributed by atoms with van der Waals surface area (Å²) in [5.41, 5.74) is 3.26. The van der Waals surface area contributed by atoms with Crippen molar-refractivity contribution in [2.24, 2.45) is 5.41 Å². The first-order valence-corrected chi connectivity index (χ1v) is 6.58. The Morgan fingerprint density at radius 2 is 2.06 bits per heavy atom. The van der Waals surface area contributed by atoms with E-state index in [1.807, 2.05) is 0 Å². The van der Waals surface area contributed by atoms with Crippen LogP contribution >= 0.6 is 0 Å². The lowest BCUT2D eigenvalue weighted by atomic mass is 9.94. The zero-order valence-electron chi connectivity index (χ0n) is 11.2. The van der Waals surface area contributed by atoms with Crippen LogP contribution in [-0.2, 0) is 6.54 Å². The molecule has 0 radical (unpaired) electrons. The van der Waals surface area contributed by atoms with E-state index in [9.17, 15) is 0 Å². The molecule has 0 saturated heterocycles. The second-order valence-corrected chi connectivity index (χ2v) is 6.16. The predicted octanol–water partition coefficient (Wildman–Crippen LogP) is 2.86. The largest absolute Gasteiger partial charge is 0.313 e. The summed E-state index contributed by atoms with van der Waals surface area (Å²) in [7, 11) is 0. The molecule has 0 saturated carbocycles. The van der Waals surface area contributed by atoms with Crippen molar-refractivity contribution in [3.8, 4) is 0 Å². The Labute approximate surface area is 105 Å². The molecule has 0 bridgehead atoms. The highest BCUT2D eigenvalue weighted by atomic mass is 15.0. The maximum atomic E-state index is 3.72. The van der Waals surface area contributed by atoms with Gasteiger partial charge in [0.1, 0.15) is 0 Å². The normalized spacial score (nSPS) is 20.8. The molecule has 2 rings (SSSR count).